The Morgan fingerprint density at radius 1 is 1.27 bits per heavy atom. The standard InChI is InChI=1S/C18H23N5O3/c1-19-10-6-14-7-11-21(12-8-14)18(24)17-9-13-22(20-17)15-2-4-16(5-3-15)23(25)26/h2-5,9,13-14,19H,6-8,10-12H2,1H3. The van der Waals surface area contributed by atoms with Crippen molar-refractivity contribution in [1.29, 1.82) is 0 Å². The molecule has 138 valence electrons. The summed E-state index contributed by atoms with van der Waals surface area (Å²) >= 11 is 0. The molecule has 0 aliphatic carbocycles. The van der Waals surface area contributed by atoms with Gasteiger partial charge >= 0.3 is 0 Å². The summed E-state index contributed by atoms with van der Waals surface area (Å²) in [6.45, 7) is 2.54. The van der Waals surface area contributed by atoms with Gasteiger partial charge in [-0.2, -0.15) is 5.10 Å². The zero-order valence-electron chi connectivity index (χ0n) is 14.8. The van der Waals surface area contributed by atoms with Gasteiger partial charge in [0.05, 0.1) is 10.6 Å². The number of nitrogens with zero attached hydrogens (tertiary/aromatic N) is 4. The van der Waals surface area contributed by atoms with Crippen LogP contribution in [0.15, 0.2) is 36.5 Å². The lowest BCUT2D eigenvalue weighted by atomic mass is 9.93. The molecular weight excluding hydrogens is 334 g/mol. The largest absolute Gasteiger partial charge is 0.337 e. The Morgan fingerprint density at radius 2 is 1.96 bits per heavy atom. The molecule has 26 heavy (non-hydrogen) atoms. The fourth-order valence-corrected chi connectivity index (χ4v) is 3.24. The normalized spacial score (nSPS) is 15.2. The Kier molecular flexibility index (Phi) is 5.62. The summed E-state index contributed by atoms with van der Waals surface area (Å²) in [7, 11) is 1.96. The van der Waals surface area contributed by atoms with Gasteiger partial charge < -0.3 is 10.2 Å². The molecule has 0 radical (unpaired) electrons. The number of nitro benzene ring substituents is 1. The van der Waals surface area contributed by atoms with Gasteiger partial charge in [-0.15, -0.1) is 0 Å². The number of nitro groups is 1. The van der Waals surface area contributed by atoms with Crippen LogP contribution in [-0.4, -0.2) is 52.2 Å². The van der Waals surface area contributed by atoms with Gasteiger partial charge in [-0.3, -0.25) is 14.9 Å². The maximum atomic E-state index is 12.7. The fraction of sp³-hybridized carbons (Fsp3) is 0.444. The molecule has 1 N–H and O–H groups in total. The van der Waals surface area contributed by atoms with Crippen LogP contribution >= 0.6 is 0 Å². The summed E-state index contributed by atoms with van der Waals surface area (Å²) in [4.78, 5) is 24.8. The SMILES string of the molecule is CNCCC1CCN(C(=O)c2ccn(-c3ccc([N+](=O)[O-])cc3)n2)CC1. The number of piperidine rings is 1. The first-order chi connectivity index (χ1) is 12.6. The molecule has 8 nitrogen and oxygen atoms in total. The van der Waals surface area contributed by atoms with Crippen molar-refractivity contribution in [3.63, 3.8) is 0 Å². The molecule has 2 aromatic rings. The van der Waals surface area contributed by atoms with Gasteiger partial charge in [0.2, 0.25) is 0 Å². The summed E-state index contributed by atoms with van der Waals surface area (Å²) in [5.41, 5.74) is 1.11. The number of benzene rings is 1. The fourth-order valence-electron chi connectivity index (χ4n) is 3.24. The van der Waals surface area contributed by atoms with Gasteiger partial charge in [0.25, 0.3) is 11.6 Å². The van der Waals surface area contributed by atoms with E-state index in [1.807, 2.05) is 11.9 Å². The van der Waals surface area contributed by atoms with Crippen LogP contribution in [0, 0.1) is 16.0 Å². The highest BCUT2D eigenvalue weighted by molar-refractivity contribution is 5.92. The van der Waals surface area contributed by atoms with E-state index >= 15 is 0 Å². The second kappa shape index (κ2) is 8.09. The third-order valence-electron chi connectivity index (χ3n) is 4.84. The van der Waals surface area contributed by atoms with Crippen molar-refractivity contribution in [2.24, 2.45) is 5.92 Å². The van der Waals surface area contributed by atoms with E-state index in [-0.39, 0.29) is 11.6 Å². The summed E-state index contributed by atoms with van der Waals surface area (Å²) in [5.74, 6) is 0.613. The molecule has 1 saturated heterocycles. The van der Waals surface area contributed by atoms with E-state index in [2.05, 4.69) is 10.4 Å². The number of non-ortho nitro benzene ring substituents is 1. The molecule has 1 amide bonds. The summed E-state index contributed by atoms with van der Waals surface area (Å²) in [6.07, 6.45) is 4.90. The number of carbonyl (C=O) groups excluding carboxylic acids is 1. The molecule has 3 rings (SSSR count). The van der Waals surface area contributed by atoms with Crippen molar-refractivity contribution < 1.29 is 9.72 Å². The number of hydrogen-bond donors (Lipinski definition) is 1. The average Bonchev–Trinajstić information content (AvgIpc) is 3.16. The number of aromatic nitrogens is 2. The predicted molar refractivity (Wildman–Crippen MR) is 97.4 cm³/mol. The van der Waals surface area contributed by atoms with Crippen molar-refractivity contribution >= 4 is 11.6 Å². The molecule has 0 spiro atoms. The van der Waals surface area contributed by atoms with E-state index in [0.29, 0.717) is 17.3 Å². The van der Waals surface area contributed by atoms with Gasteiger partial charge in [-0.25, -0.2) is 4.68 Å². The zero-order chi connectivity index (χ0) is 18.5. The number of carbonyl (C=O) groups is 1. The molecule has 1 aromatic carbocycles. The van der Waals surface area contributed by atoms with Crippen molar-refractivity contribution in [3.05, 3.63) is 52.3 Å². The van der Waals surface area contributed by atoms with E-state index in [4.69, 9.17) is 0 Å². The minimum atomic E-state index is -0.442. The number of likely N-dealkylation sites (tertiary alicyclic amines) is 1. The van der Waals surface area contributed by atoms with Crippen LogP contribution in [0.3, 0.4) is 0 Å². The number of rotatable bonds is 6. The Morgan fingerprint density at radius 3 is 2.58 bits per heavy atom. The smallest absolute Gasteiger partial charge is 0.274 e. The van der Waals surface area contributed by atoms with Crippen LogP contribution < -0.4 is 5.32 Å². The first-order valence-electron chi connectivity index (χ1n) is 8.83. The molecule has 2 heterocycles. The topological polar surface area (TPSA) is 93.3 Å². The zero-order valence-corrected chi connectivity index (χ0v) is 14.8. The molecule has 0 saturated carbocycles. The second-order valence-electron chi connectivity index (χ2n) is 6.55. The van der Waals surface area contributed by atoms with Crippen LogP contribution in [0.5, 0.6) is 0 Å². The number of hydrogen-bond acceptors (Lipinski definition) is 5. The third-order valence-corrected chi connectivity index (χ3v) is 4.84. The molecule has 0 atom stereocenters. The Bertz CT molecular complexity index is 763. The van der Waals surface area contributed by atoms with E-state index in [9.17, 15) is 14.9 Å². The van der Waals surface area contributed by atoms with Gasteiger partial charge in [0.15, 0.2) is 5.69 Å². The molecule has 1 aliphatic rings. The quantitative estimate of drug-likeness (QED) is 0.632. The first kappa shape index (κ1) is 18.1. The lowest BCUT2D eigenvalue weighted by molar-refractivity contribution is -0.384. The van der Waals surface area contributed by atoms with Crippen LogP contribution in [0.2, 0.25) is 0 Å². The molecule has 0 unspecified atom stereocenters. The van der Waals surface area contributed by atoms with Crippen molar-refractivity contribution in [1.82, 2.24) is 20.0 Å². The minimum Gasteiger partial charge on any atom is -0.337 e. The third kappa shape index (κ3) is 4.08. The van der Waals surface area contributed by atoms with Gasteiger partial charge in [-0.1, -0.05) is 0 Å². The Balaban J connectivity index is 1.62. The highest BCUT2D eigenvalue weighted by Crippen LogP contribution is 2.21. The van der Waals surface area contributed by atoms with Crippen LogP contribution in [0.4, 0.5) is 5.69 Å². The molecule has 1 aliphatic heterocycles. The van der Waals surface area contributed by atoms with Gasteiger partial charge in [-0.05, 0) is 57.0 Å². The van der Waals surface area contributed by atoms with Crippen molar-refractivity contribution in [2.75, 3.05) is 26.7 Å². The van der Waals surface area contributed by atoms with Crippen LogP contribution in [0.1, 0.15) is 29.8 Å². The minimum absolute atomic E-state index is 0.0262. The monoisotopic (exact) mass is 357 g/mol. The maximum absolute atomic E-state index is 12.7. The molecule has 8 heteroatoms. The average molecular weight is 357 g/mol. The van der Waals surface area contributed by atoms with E-state index in [0.717, 1.165) is 38.9 Å². The lowest BCUT2D eigenvalue weighted by Crippen LogP contribution is -2.39. The highest BCUT2D eigenvalue weighted by atomic mass is 16.6. The predicted octanol–water partition coefficient (Wildman–Crippen LogP) is 2.24. The number of nitrogens with one attached hydrogen (secondary N) is 1. The van der Waals surface area contributed by atoms with Crippen molar-refractivity contribution in [3.8, 4) is 5.69 Å². The summed E-state index contributed by atoms with van der Waals surface area (Å²) < 4.78 is 1.57. The number of amides is 1. The maximum Gasteiger partial charge on any atom is 0.274 e. The van der Waals surface area contributed by atoms with Gasteiger partial charge in [0.1, 0.15) is 0 Å². The molecule has 0 bridgehead atoms. The van der Waals surface area contributed by atoms with E-state index in [1.54, 1.807) is 29.1 Å². The molecular formula is C18H23N5O3. The van der Waals surface area contributed by atoms with E-state index in [1.165, 1.54) is 12.1 Å². The van der Waals surface area contributed by atoms with Crippen LogP contribution in [0.25, 0.3) is 5.69 Å². The van der Waals surface area contributed by atoms with Gasteiger partial charge in [0, 0.05) is 31.4 Å². The molecule has 1 aromatic heterocycles. The second-order valence-corrected chi connectivity index (χ2v) is 6.55. The van der Waals surface area contributed by atoms with E-state index < -0.39 is 4.92 Å². The first-order valence-corrected chi connectivity index (χ1v) is 8.83. The summed E-state index contributed by atoms with van der Waals surface area (Å²) in [6, 6.07) is 7.78. The van der Waals surface area contributed by atoms with Crippen LogP contribution in [-0.2, 0) is 0 Å². The summed E-state index contributed by atoms with van der Waals surface area (Å²) in [5, 5.41) is 18.2. The Labute approximate surface area is 151 Å². The van der Waals surface area contributed by atoms with Crippen molar-refractivity contribution in [2.45, 2.75) is 19.3 Å². The lowest BCUT2D eigenvalue weighted by Gasteiger charge is -2.31. The Hall–Kier alpha value is -2.74. The highest BCUT2D eigenvalue weighted by Gasteiger charge is 2.24. The molecule has 1 fully saturated rings.